The monoisotopic (exact) mass is 430 g/mol. The summed E-state index contributed by atoms with van der Waals surface area (Å²) in [6.07, 6.45) is 0. The van der Waals surface area contributed by atoms with Crippen LogP contribution in [0.1, 0.15) is 0 Å². The molecule has 0 atom stereocenters. The van der Waals surface area contributed by atoms with Gasteiger partial charge in [-0.15, -0.1) is 0 Å². The van der Waals surface area contributed by atoms with Gasteiger partial charge in [-0.2, -0.15) is 0 Å². The van der Waals surface area contributed by atoms with Gasteiger partial charge in [0.25, 0.3) is 0 Å². The quantitative estimate of drug-likeness (QED) is 0.440. The third-order valence-corrected chi connectivity index (χ3v) is 1.72. The summed E-state index contributed by atoms with van der Waals surface area (Å²) in [4.78, 5) is 15.4. The predicted octanol–water partition coefficient (Wildman–Crippen LogP) is -0.448. The summed E-state index contributed by atoms with van der Waals surface area (Å²) in [7, 11) is -4.14. The van der Waals surface area contributed by atoms with Gasteiger partial charge < -0.3 is 0 Å². The average Bonchev–Trinajstić information content (AvgIpc) is 1.35. The molecule has 0 saturated carbocycles. The van der Waals surface area contributed by atoms with Gasteiger partial charge in [0.05, 0.1) is 0 Å². The molecule has 4 nitrogen and oxygen atoms in total. The van der Waals surface area contributed by atoms with Gasteiger partial charge in [-0.25, -0.2) is 0 Å². The van der Waals surface area contributed by atoms with E-state index < -0.39 is 7.82 Å². The van der Waals surface area contributed by atoms with Crippen LogP contribution in [0, 0.1) is 0 Å². The van der Waals surface area contributed by atoms with Gasteiger partial charge in [0, 0.05) is 39.6 Å². The van der Waals surface area contributed by atoms with Gasteiger partial charge in [0.2, 0.25) is 0 Å². The molecule has 0 heterocycles. The van der Waals surface area contributed by atoms with Crippen molar-refractivity contribution >= 4 is 7.82 Å². The normalized spacial score (nSPS) is 8.75. The molecular weight excluding hydrogens is 426 g/mol. The Bertz CT molecular complexity index is 80.1. The van der Waals surface area contributed by atoms with Crippen LogP contribution in [-0.4, -0.2) is 9.79 Å². The molecule has 0 spiro atoms. The Morgan fingerprint density at radius 1 is 1.50 bits per heavy atom. The Morgan fingerprint density at radius 2 is 1.62 bits per heavy atom. The van der Waals surface area contributed by atoms with Crippen LogP contribution < -0.4 is 0 Å². The summed E-state index contributed by atoms with van der Waals surface area (Å²) < 4.78 is 13.1. The van der Waals surface area contributed by atoms with Crippen molar-refractivity contribution in [3.05, 3.63) is 0 Å². The van der Waals surface area contributed by atoms with E-state index in [4.69, 9.17) is 9.79 Å². The third-order valence-electron chi connectivity index (χ3n) is 0.0971. The first-order valence-electron chi connectivity index (χ1n) is 0.932. The molecule has 0 aliphatic heterocycles. The number of phosphoric acid groups is 1. The second-order valence-electron chi connectivity index (χ2n) is 0.565. The standard InChI is InChI=1S/Mo.H3O4P.V.W/c;1-5(2,3)4;;/h;(H3,1,2,3,4);;/q+1;;;/p-1. The summed E-state index contributed by atoms with van der Waals surface area (Å²) >= 11 is 0.883. The molecule has 2 N–H and O–H groups in total. The van der Waals surface area contributed by atoms with Gasteiger partial charge in [-0.1, -0.05) is 0 Å². The number of hydrogen-bond donors (Lipinski definition) is 2. The van der Waals surface area contributed by atoms with E-state index in [1.807, 2.05) is 0 Å². The van der Waals surface area contributed by atoms with Crippen molar-refractivity contribution in [3.63, 3.8) is 0 Å². The maximum Gasteiger partial charge on any atom is 0 e. The van der Waals surface area contributed by atoms with E-state index in [0.29, 0.717) is 0 Å². The zero-order chi connectivity index (χ0) is 5.21. The van der Waals surface area contributed by atoms with Crippen molar-refractivity contribution in [1.82, 2.24) is 0 Å². The molecule has 0 rings (SSSR count). The summed E-state index contributed by atoms with van der Waals surface area (Å²) in [5.41, 5.74) is 0. The summed E-state index contributed by atoms with van der Waals surface area (Å²) in [6, 6.07) is 0. The Morgan fingerprint density at radius 3 is 1.62 bits per heavy atom. The second-order valence-corrected chi connectivity index (χ2v) is 2.79. The molecule has 0 fully saturated rings. The van der Waals surface area contributed by atoms with Gasteiger partial charge in [0.1, 0.15) is 0 Å². The average molecular weight is 428 g/mol. The van der Waals surface area contributed by atoms with Crippen LogP contribution in [0.5, 0.6) is 0 Å². The van der Waals surface area contributed by atoms with Crippen LogP contribution >= 0.6 is 7.82 Å². The Labute approximate surface area is 84.5 Å². The predicted molar refractivity (Wildman–Crippen MR) is 13.1 cm³/mol. The molecule has 0 aliphatic carbocycles. The van der Waals surface area contributed by atoms with Gasteiger partial charge in [0.15, 0.2) is 0 Å². The first-order chi connectivity index (χ1) is 2.56. The maximum absolute atomic E-state index is 9.47. The molecule has 0 aromatic carbocycles. The van der Waals surface area contributed by atoms with E-state index in [1.165, 1.54) is 0 Å². The van der Waals surface area contributed by atoms with Crippen LogP contribution in [-0.2, 0) is 67.6 Å². The SMILES string of the molecule is O=P(O)(O)[O][Mo].[V].[W]. The molecule has 1 radical (unpaired) electrons. The van der Waals surface area contributed by atoms with E-state index in [-0.39, 0.29) is 39.6 Å². The molecule has 0 bridgehead atoms. The first-order valence-corrected chi connectivity index (χ1v) is 3.28. The summed E-state index contributed by atoms with van der Waals surface area (Å²) in [5, 5.41) is 0. The fourth-order valence-corrected chi connectivity index (χ4v) is 0. The zero-order valence-electron chi connectivity index (χ0n) is 3.42. The van der Waals surface area contributed by atoms with E-state index in [1.54, 1.807) is 0 Å². The van der Waals surface area contributed by atoms with E-state index in [0.717, 1.165) is 20.2 Å². The van der Waals surface area contributed by atoms with Gasteiger partial charge in [-0.05, 0) is 0 Å². The van der Waals surface area contributed by atoms with Crippen molar-refractivity contribution in [2.75, 3.05) is 0 Å². The Hall–Kier alpha value is 2.07. The van der Waals surface area contributed by atoms with E-state index in [2.05, 4.69) is 3.18 Å². The van der Waals surface area contributed by atoms with Crippen LogP contribution in [0.2, 0.25) is 0 Å². The Balaban J connectivity index is -0.000000125. The fraction of sp³-hybridized carbons (Fsp3) is 0. The molecule has 8 heteroatoms. The van der Waals surface area contributed by atoms with Crippen LogP contribution in [0.4, 0.5) is 0 Å². The molecule has 48 valence electrons. The molecular formula is H2MoO4PVW. The minimum Gasteiger partial charge on any atom is 0 e. The van der Waals surface area contributed by atoms with E-state index in [9.17, 15) is 4.57 Å². The third kappa shape index (κ3) is 15.7. The molecule has 0 amide bonds. The molecule has 0 aliphatic rings. The minimum atomic E-state index is -4.14. The summed E-state index contributed by atoms with van der Waals surface area (Å²) in [5.74, 6) is 0. The minimum absolute atomic E-state index is 0. The van der Waals surface area contributed by atoms with Crippen LogP contribution in [0.25, 0.3) is 0 Å². The van der Waals surface area contributed by atoms with Gasteiger partial charge in [-0.3, -0.25) is 0 Å². The molecule has 0 saturated heterocycles. The number of hydrogen-bond acceptors (Lipinski definition) is 2. The van der Waals surface area contributed by atoms with Crippen LogP contribution in [0.15, 0.2) is 0 Å². The first kappa shape index (κ1) is 16.6. The van der Waals surface area contributed by atoms with Crippen molar-refractivity contribution in [3.8, 4) is 0 Å². The van der Waals surface area contributed by atoms with E-state index >= 15 is 0 Å². The van der Waals surface area contributed by atoms with Crippen LogP contribution in [0.3, 0.4) is 0 Å². The molecule has 8 heavy (non-hydrogen) atoms. The molecule has 0 aromatic heterocycles. The topological polar surface area (TPSA) is 66.8 Å². The maximum atomic E-state index is 9.47. The molecule has 0 aromatic rings. The van der Waals surface area contributed by atoms with Crippen molar-refractivity contribution in [1.29, 1.82) is 0 Å². The Kier molecular flexibility index (Phi) is 14.9. The van der Waals surface area contributed by atoms with Crippen molar-refractivity contribution in [2.45, 2.75) is 0 Å². The van der Waals surface area contributed by atoms with Crippen molar-refractivity contribution in [2.24, 2.45) is 0 Å². The van der Waals surface area contributed by atoms with Crippen molar-refractivity contribution < 1.29 is 77.3 Å². The molecule has 0 unspecified atom stereocenters. The second kappa shape index (κ2) is 7.18. The smallest absolute Gasteiger partial charge is 0 e. The largest absolute Gasteiger partial charge is 0 e. The zero-order valence-corrected chi connectivity index (χ0v) is 10.7. The summed E-state index contributed by atoms with van der Waals surface area (Å²) in [6.45, 7) is 0. The number of rotatable bonds is 1. The van der Waals surface area contributed by atoms with Gasteiger partial charge >= 0.3 is 45.5 Å². The fourth-order valence-electron chi connectivity index (χ4n) is 0.